The number of hydrogen-bond acceptors (Lipinski definition) is 3. The van der Waals surface area contributed by atoms with E-state index in [-0.39, 0.29) is 6.04 Å². The highest BCUT2D eigenvalue weighted by molar-refractivity contribution is 7.17. The largest absolute Gasteiger partial charge is 0.384 e. The number of likely N-dealkylation sites (N-methyl/N-ethyl adjacent to an activating group) is 1. The van der Waals surface area contributed by atoms with Gasteiger partial charge in [-0.05, 0) is 55.4 Å². The van der Waals surface area contributed by atoms with Gasteiger partial charge in [0.25, 0.3) is 0 Å². The first kappa shape index (κ1) is 11.6. The monoisotopic (exact) mass is 235 g/mol. The van der Waals surface area contributed by atoms with Crippen LogP contribution in [0, 0.1) is 0 Å². The average molecular weight is 235 g/mol. The van der Waals surface area contributed by atoms with E-state index >= 15 is 0 Å². The van der Waals surface area contributed by atoms with Crippen LogP contribution in [-0.4, -0.2) is 18.2 Å². The molecule has 2 unspecified atom stereocenters. The van der Waals surface area contributed by atoms with E-state index in [4.69, 9.17) is 0 Å². The lowest BCUT2D eigenvalue weighted by Crippen LogP contribution is -2.42. The van der Waals surface area contributed by atoms with Crippen LogP contribution in [0.3, 0.4) is 0 Å². The zero-order valence-electron chi connectivity index (χ0n) is 9.82. The van der Waals surface area contributed by atoms with E-state index in [1.807, 2.05) is 27.0 Å². The van der Waals surface area contributed by atoms with E-state index in [0.29, 0.717) is 0 Å². The molecule has 0 aliphatic heterocycles. The van der Waals surface area contributed by atoms with E-state index in [1.54, 1.807) is 11.3 Å². The van der Waals surface area contributed by atoms with Gasteiger partial charge in [-0.15, -0.1) is 11.3 Å². The molecule has 2 rings (SSSR count). The van der Waals surface area contributed by atoms with Crippen LogP contribution < -0.4 is 5.32 Å². The van der Waals surface area contributed by atoms with Gasteiger partial charge in [-0.1, -0.05) is 6.07 Å². The lowest BCUT2D eigenvalue weighted by molar-refractivity contribution is 0.0243. The van der Waals surface area contributed by atoms with Gasteiger partial charge >= 0.3 is 0 Å². The summed E-state index contributed by atoms with van der Waals surface area (Å²) >= 11 is 1.72. The van der Waals surface area contributed by atoms with Crippen molar-refractivity contribution < 1.29 is 5.11 Å². The van der Waals surface area contributed by atoms with Crippen molar-refractivity contribution in [3.63, 3.8) is 0 Å². The van der Waals surface area contributed by atoms with Gasteiger partial charge in [-0.2, -0.15) is 0 Å². The van der Waals surface area contributed by atoms with E-state index in [1.165, 1.54) is 10.1 Å². The van der Waals surface area contributed by atoms with E-state index in [9.17, 15) is 5.11 Å². The summed E-state index contributed by atoms with van der Waals surface area (Å²) in [5.41, 5.74) is 0.116. The van der Waals surface area contributed by atoms with Crippen LogP contribution in [0.15, 0.2) is 29.6 Å². The van der Waals surface area contributed by atoms with E-state index in [0.717, 1.165) is 5.56 Å². The Morgan fingerprint density at radius 1 is 1.38 bits per heavy atom. The van der Waals surface area contributed by atoms with Gasteiger partial charge in [0, 0.05) is 10.7 Å². The summed E-state index contributed by atoms with van der Waals surface area (Å²) in [4.78, 5) is 0. The smallest absolute Gasteiger partial charge is 0.102 e. The molecule has 1 aromatic carbocycles. The van der Waals surface area contributed by atoms with Crippen LogP contribution in [0.2, 0.25) is 0 Å². The fraction of sp³-hybridized carbons (Fsp3) is 0.385. The van der Waals surface area contributed by atoms with Gasteiger partial charge in [0.1, 0.15) is 5.60 Å². The van der Waals surface area contributed by atoms with Crippen LogP contribution in [-0.2, 0) is 5.60 Å². The molecule has 2 N–H and O–H groups in total. The summed E-state index contributed by atoms with van der Waals surface area (Å²) in [5.74, 6) is 0. The van der Waals surface area contributed by atoms with Crippen molar-refractivity contribution >= 4 is 21.4 Å². The summed E-state index contributed by atoms with van der Waals surface area (Å²) in [7, 11) is 1.86. The third-order valence-electron chi connectivity index (χ3n) is 3.31. The Bertz CT molecular complexity index is 489. The fourth-order valence-corrected chi connectivity index (χ4v) is 2.58. The minimum atomic E-state index is -0.842. The second kappa shape index (κ2) is 4.17. The predicted octanol–water partition coefficient (Wildman–Crippen LogP) is 2.72. The first-order valence-electron chi connectivity index (χ1n) is 5.43. The Morgan fingerprint density at radius 2 is 2.12 bits per heavy atom. The highest BCUT2D eigenvalue weighted by atomic mass is 32.1. The third kappa shape index (κ3) is 1.86. The van der Waals surface area contributed by atoms with Gasteiger partial charge in [-0.3, -0.25) is 0 Å². The molecule has 0 saturated heterocycles. The Kier molecular flexibility index (Phi) is 3.02. The molecule has 2 nitrogen and oxygen atoms in total. The Balaban J connectivity index is 2.45. The summed E-state index contributed by atoms with van der Waals surface area (Å²) < 4.78 is 1.26. The molecule has 1 heterocycles. The molecule has 0 aliphatic rings. The first-order valence-corrected chi connectivity index (χ1v) is 6.31. The number of thiophene rings is 1. The summed E-state index contributed by atoms with van der Waals surface area (Å²) in [6.07, 6.45) is 0. The fourth-order valence-electron chi connectivity index (χ4n) is 1.81. The first-order chi connectivity index (χ1) is 7.55. The lowest BCUT2D eigenvalue weighted by Gasteiger charge is -2.30. The average Bonchev–Trinajstić information content (AvgIpc) is 2.74. The van der Waals surface area contributed by atoms with Gasteiger partial charge in [0.15, 0.2) is 0 Å². The number of aliphatic hydroxyl groups is 1. The molecule has 2 atom stereocenters. The van der Waals surface area contributed by atoms with Gasteiger partial charge < -0.3 is 10.4 Å². The van der Waals surface area contributed by atoms with Crippen LogP contribution in [0.1, 0.15) is 19.4 Å². The number of fused-ring (bicyclic) bond motifs is 1. The Labute approximate surface area is 99.9 Å². The minimum Gasteiger partial charge on any atom is -0.384 e. The van der Waals surface area contributed by atoms with Crippen LogP contribution >= 0.6 is 11.3 Å². The van der Waals surface area contributed by atoms with Crippen LogP contribution in [0.4, 0.5) is 0 Å². The summed E-state index contributed by atoms with van der Waals surface area (Å²) in [6.45, 7) is 3.83. The summed E-state index contributed by atoms with van der Waals surface area (Å²) in [6, 6.07) is 8.26. The molecule has 0 amide bonds. The standard InChI is InChI=1S/C13H17NOS/c1-9(14-3)13(2,15)11-4-5-12-10(8-11)6-7-16-12/h4-9,14-15H,1-3H3. The van der Waals surface area contributed by atoms with Crippen molar-refractivity contribution in [2.45, 2.75) is 25.5 Å². The van der Waals surface area contributed by atoms with Crippen molar-refractivity contribution in [1.29, 1.82) is 0 Å². The molecule has 0 aliphatic carbocycles. The van der Waals surface area contributed by atoms with Crippen molar-refractivity contribution in [2.24, 2.45) is 0 Å². The minimum absolute atomic E-state index is 0.0172. The molecular formula is C13H17NOS. The molecule has 1 aromatic heterocycles. The number of rotatable bonds is 3. The van der Waals surface area contributed by atoms with Crippen molar-refractivity contribution in [2.75, 3.05) is 7.05 Å². The predicted molar refractivity (Wildman–Crippen MR) is 69.9 cm³/mol. The van der Waals surface area contributed by atoms with Crippen LogP contribution in [0.5, 0.6) is 0 Å². The normalized spacial score (nSPS) is 17.2. The summed E-state index contributed by atoms with van der Waals surface area (Å²) in [5, 5.41) is 16.9. The molecular weight excluding hydrogens is 218 g/mol. The quantitative estimate of drug-likeness (QED) is 0.857. The van der Waals surface area contributed by atoms with Gasteiger partial charge in [0.2, 0.25) is 0 Å². The molecule has 0 radical (unpaired) electrons. The second-order valence-electron chi connectivity index (χ2n) is 4.33. The Morgan fingerprint density at radius 3 is 2.81 bits per heavy atom. The van der Waals surface area contributed by atoms with Crippen molar-refractivity contribution in [3.8, 4) is 0 Å². The molecule has 0 fully saturated rings. The van der Waals surface area contributed by atoms with Gasteiger partial charge in [-0.25, -0.2) is 0 Å². The second-order valence-corrected chi connectivity index (χ2v) is 5.28. The molecule has 0 saturated carbocycles. The van der Waals surface area contributed by atoms with Crippen molar-refractivity contribution in [3.05, 3.63) is 35.2 Å². The molecule has 16 heavy (non-hydrogen) atoms. The van der Waals surface area contributed by atoms with E-state index in [2.05, 4.69) is 28.9 Å². The van der Waals surface area contributed by atoms with Gasteiger partial charge in [0.05, 0.1) is 0 Å². The molecule has 0 bridgehead atoms. The maximum absolute atomic E-state index is 10.5. The molecule has 3 heteroatoms. The molecule has 0 spiro atoms. The molecule has 2 aromatic rings. The highest BCUT2D eigenvalue weighted by Crippen LogP contribution is 2.29. The number of hydrogen-bond donors (Lipinski definition) is 2. The maximum Gasteiger partial charge on any atom is 0.102 e. The van der Waals surface area contributed by atoms with Crippen molar-refractivity contribution in [1.82, 2.24) is 5.32 Å². The molecule has 86 valence electrons. The topological polar surface area (TPSA) is 32.3 Å². The third-order valence-corrected chi connectivity index (χ3v) is 4.21. The lowest BCUT2D eigenvalue weighted by atomic mass is 9.89. The SMILES string of the molecule is CNC(C)C(C)(O)c1ccc2sccc2c1. The Hall–Kier alpha value is -0.900. The number of benzene rings is 1. The highest BCUT2D eigenvalue weighted by Gasteiger charge is 2.29. The van der Waals surface area contributed by atoms with E-state index < -0.39 is 5.60 Å². The van der Waals surface area contributed by atoms with Crippen LogP contribution in [0.25, 0.3) is 10.1 Å². The zero-order chi connectivity index (χ0) is 11.8. The number of nitrogens with one attached hydrogen (secondary N) is 1. The zero-order valence-corrected chi connectivity index (χ0v) is 10.6. The maximum atomic E-state index is 10.5.